The summed E-state index contributed by atoms with van der Waals surface area (Å²) in [5.74, 6) is -2.42. The molecule has 0 amide bonds. The van der Waals surface area contributed by atoms with Crippen LogP contribution in [0.2, 0.25) is 0 Å². The normalized spacial score (nSPS) is 15.5. The molecule has 1 aliphatic rings. The van der Waals surface area contributed by atoms with Crippen molar-refractivity contribution in [1.29, 1.82) is 0 Å². The summed E-state index contributed by atoms with van der Waals surface area (Å²) in [5, 5.41) is 8.85. The van der Waals surface area contributed by atoms with Crippen LogP contribution in [0.1, 0.15) is 29.6 Å². The van der Waals surface area contributed by atoms with Crippen molar-refractivity contribution in [3.63, 3.8) is 0 Å². The van der Waals surface area contributed by atoms with Crippen LogP contribution in [0.3, 0.4) is 0 Å². The maximum atomic E-state index is 14.0. The monoisotopic (exact) mass is 350 g/mol. The second kappa shape index (κ2) is 5.20. The molecule has 1 aliphatic carbocycles. The summed E-state index contributed by atoms with van der Waals surface area (Å²) < 4.78 is 38.3. The molecule has 1 N–H and O–H groups in total. The van der Waals surface area contributed by atoms with E-state index in [9.17, 15) is 17.6 Å². The van der Waals surface area contributed by atoms with Crippen molar-refractivity contribution in [1.82, 2.24) is 0 Å². The Morgan fingerprint density at radius 3 is 2.58 bits per heavy atom. The summed E-state index contributed by atoms with van der Waals surface area (Å²) in [6.07, 6.45) is 2.52. The summed E-state index contributed by atoms with van der Waals surface area (Å²) in [5.41, 5.74) is -0.639. The van der Waals surface area contributed by atoms with E-state index in [-0.39, 0.29) is 10.2 Å². The molecule has 1 aromatic rings. The smallest absolute Gasteiger partial charge is 0.338 e. The standard InChI is InChI=1S/C12H12BrFO4S/c13-8-5-9(12(15)16)11(14)10(6-8)19(17,18)4-3-7-1-2-7/h5-7H,1-4H2,(H,15,16). The zero-order valence-corrected chi connectivity index (χ0v) is 12.3. The van der Waals surface area contributed by atoms with E-state index in [1.807, 2.05) is 0 Å². The van der Waals surface area contributed by atoms with Crippen LogP contribution < -0.4 is 0 Å². The minimum Gasteiger partial charge on any atom is -0.478 e. The molecule has 0 unspecified atom stereocenters. The number of hydrogen-bond donors (Lipinski definition) is 1. The van der Waals surface area contributed by atoms with E-state index in [2.05, 4.69) is 15.9 Å². The predicted octanol–water partition coefficient (Wildman–Crippen LogP) is 2.86. The third-order valence-corrected chi connectivity index (χ3v) is 5.26. The maximum Gasteiger partial charge on any atom is 0.338 e. The van der Waals surface area contributed by atoms with Gasteiger partial charge in [-0.3, -0.25) is 0 Å². The molecular formula is C12H12BrFO4S. The number of carboxylic acid groups (broad SMARTS) is 1. The number of carboxylic acids is 1. The van der Waals surface area contributed by atoms with Gasteiger partial charge in [0.15, 0.2) is 15.7 Å². The van der Waals surface area contributed by atoms with Crippen molar-refractivity contribution < 1.29 is 22.7 Å². The number of rotatable bonds is 5. The predicted molar refractivity (Wildman–Crippen MR) is 70.5 cm³/mol. The molecule has 0 bridgehead atoms. The Morgan fingerprint density at radius 2 is 2.05 bits per heavy atom. The SMILES string of the molecule is O=C(O)c1cc(Br)cc(S(=O)(=O)CCC2CC2)c1F. The lowest BCUT2D eigenvalue weighted by Crippen LogP contribution is -2.13. The highest BCUT2D eigenvalue weighted by Gasteiger charge is 2.28. The summed E-state index contributed by atoms with van der Waals surface area (Å²) in [4.78, 5) is 10.3. The van der Waals surface area contributed by atoms with Crippen molar-refractivity contribution >= 4 is 31.7 Å². The first-order valence-corrected chi connectivity index (χ1v) is 8.21. The quantitative estimate of drug-likeness (QED) is 0.886. The summed E-state index contributed by atoms with van der Waals surface area (Å²) in [6.45, 7) is 0. The number of aromatic carboxylic acids is 1. The lowest BCUT2D eigenvalue weighted by Gasteiger charge is -2.08. The average Bonchev–Trinajstić information content (AvgIpc) is 3.12. The molecule has 1 saturated carbocycles. The highest BCUT2D eigenvalue weighted by atomic mass is 79.9. The first-order chi connectivity index (χ1) is 8.81. The van der Waals surface area contributed by atoms with Crippen LogP contribution in [-0.2, 0) is 9.84 Å². The fraction of sp³-hybridized carbons (Fsp3) is 0.417. The number of benzene rings is 1. The van der Waals surface area contributed by atoms with Crippen LogP contribution in [0.25, 0.3) is 0 Å². The van der Waals surface area contributed by atoms with Gasteiger partial charge in [0, 0.05) is 4.47 Å². The summed E-state index contributed by atoms with van der Waals surface area (Å²) >= 11 is 3.01. The van der Waals surface area contributed by atoms with Gasteiger partial charge in [0.1, 0.15) is 4.90 Å². The van der Waals surface area contributed by atoms with E-state index in [4.69, 9.17) is 5.11 Å². The van der Waals surface area contributed by atoms with E-state index < -0.39 is 32.1 Å². The number of hydrogen-bond acceptors (Lipinski definition) is 3. The van der Waals surface area contributed by atoms with Crippen LogP contribution in [0.5, 0.6) is 0 Å². The van der Waals surface area contributed by atoms with E-state index in [0.717, 1.165) is 25.0 Å². The van der Waals surface area contributed by atoms with Gasteiger partial charge in [-0.2, -0.15) is 0 Å². The van der Waals surface area contributed by atoms with Gasteiger partial charge in [0.05, 0.1) is 11.3 Å². The second-order valence-corrected chi connectivity index (χ2v) is 7.61. The van der Waals surface area contributed by atoms with Gasteiger partial charge in [0.25, 0.3) is 0 Å². The highest BCUT2D eigenvalue weighted by Crippen LogP contribution is 2.34. The molecule has 0 aromatic heterocycles. The van der Waals surface area contributed by atoms with Crippen LogP contribution in [0, 0.1) is 11.7 Å². The van der Waals surface area contributed by atoms with Gasteiger partial charge in [-0.25, -0.2) is 17.6 Å². The second-order valence-electron chi connectivity index (χ2n) is 4.62. The summed E-state index contributed by atoms with van der Waals surface area (Å²) in [6, 6.07) is 2.17. The number of halogens is 2. The maximum absolute atomic E-state index is 14.0. The molecule has 7 heteroatoms. The van der Waals surface area contributed by atoms with Crippen molar-refractivity contribution in [3.05, 3.63) is 28.0 Å². The van der Waals surface area contributed by atoms with E-state index in [0.29, 0.717) is 12.3 Å². The van der Waals surface area contributed by atoms with Crippen molar-refractivity contribution in [2.45, 2.75) is 24.2 Å². The third kappa shape index (κ3) is 3.33. The molecule has 0 atom stereocenters. The van der Waals surface area contributed by atoms with E-state index in [1.165, 1.54) is 0 Å². The molecule has 0 heterocycles. The number of carbonyl (C=O) groups is 1. The van der Waals surface area contributed by atoms with Gasteiger partial charge >= 0.3 is 5.97 Å². The summed E-state index contributed by atoms with van der Waals surface area (Å²) in [7, 11) is -3.79. The van der Waals surface area contributed by atoms with Gasteiger partial charge in [0.2, 0.25) is 0 Å². The van der Waals surface area contributed by atoms with Crippen LogP contribution >= 0.6 is 15.9 Å². The van der Waals surface area contributed by atoms with Crippen molar-refractivity contribution in [3.8, 4) is 0 Å². The molecule has 1 fully saturated rings. The molecule has 4 nitrogen and oxygen atoms in total. The molecule has 19 heavy (non-hydrogen) atoms. The Balaban J connectivity index is 2.39. The van der Waals surface area contributed by atoms with Crippen LogP contribution in [-0.4, -0.2) is 25.2 Å². The Morgan fingerprint density at radius 1 is 1.42 bits per heavy atom. The van der Waals surface area contributed by atoms with Gasteiger partial charge < -0.3 is 5.11 Å². The Bertz CT molecular complexity index is 623. The Hall–Kier alpha value is -0.950. The molecule has 104 valence electrons. The van der Waals surface area contributed by atoms with E-state index >= 15 is 0 Å². The lowest BCUT2D eigenvalue weighted by molar-refractivity contribution is 0.0691. The molecule has 0 aliphatic heterocycles. The third-order valence-electron chi connectivity index (χ3n) is 3.06. The zero-order valence-electron chi connectivity index (χ0n) is 9.90. The van der Waals surface area contributed by atoms with Gasteiger partial charge in [-0.15, -0.1) is 0 Å². The lowest BCUT2D eigenvalue weighted by atomic mass is 10.2. The van der Waals surface area contributed by atoms with Crippen molar-refractivity contribution in [2.75, 3.05) is 5.75 Å². The first kappa shape index (κ1) is 14.5. The Labute approximate surface area is 118 Å². The van der Waals surface area contributed by atoms with Crippen LogP contribution in [0.4, 0.5) is 4.39 Å². The molecule has 0 radical (unpaired) electrons. The average molecular weight is 351 g/mol. The molecule has 1 aromatic carbocycles. The molecule has 0 spiro atoms. The first-order valence-electron chi connectivity index (χ1n) is 5.76. The topological polar surface area (TPSA) is 71.4 Å². The molecular weight excluding hydrogens is 339 g/mol. The largest absolute Gasteiger partial charge is 0.478 e. The molecule has 2 rings (SSSR count). The Kier molecular flexibility index (Phi) is 3.96. The number of sulfone groups is 1. The fourth-order valence-electron chi connectivity index (χ4n) is 1.78. The van der Waals surface area contributed by atoms with Crippen LogP contribution in [0.15, 0.2) is 21.5 Å². The molecule has 0 saturated heterocycles. The fourth-order valence-corrected chi connectivity index (χ4v) is 3.95. The highest BCUT2D eigenvalue weighted by molar-refractivity contribution is 9.10. The minimum atomic E-state index is -3.79. The van der Waals surface area contributed by atoms with Gasteiger partial charge in [-0.05, 0) is 24.5 Å². The minimum absolute atomic E-state index is 0.149. The van der Waals surface area contributed by atoms with Crippen molar-refractivity contribution in [2.24, 2.45) is 5.92 Å². The van der Waals surface area contributed by atoms with Gasteiger partial charge in [-0.1, -0.05) is 28.8 Å². The zero-order chi connectivity index (χ0) is 14.2. The van der Waals surface area contributed by atoms with E-state index in [1.54, 1.807) is 0 Å².